The topological polar surface area (TPSA) is 172 Å². The van der Waals surface area contributed by atoms with Crippen LogP contribution in [0.25, 0.3) is 0 Å². The number of hydrogen-bond donors (Lipinski definition) is 3. The highest BCUT2D eigenvalue weighted by Gasteiger charge is 2.28. The number of esters is 2. The maximum absolute atomic E-state index is 12.6. The smallest absolute Gasteiger partial charge is 0.472 e. The summed E-state index contributed by atoms with van der Waals surface area (Å²) in [4.78, 5) is 45.8. The van der Waals surface area contributed by atoms with Gasteiger partial charge in [-0.2, -0.15) is 0 Å². The second-order valence-corrected chi connectivity index (χ2v) is 15.2. The number of phosphoric acid groups is 1. The molecule has 0 bridgehead atoms. The van der Waals surface area contributed by atoms with Gasteiger partial charge in [0.05, 0.1) is 13.2 Å². The number of aliphatic carboxylic acids is 1. The Labute approximate surface area is 332 Å². The minimum atomic E-state index is -4.73. The van der Waals surface area contributed by atoms with Gasteiger partial charge in [0, 0.05) is 12.8 Å². The third kappa shape index (κ3) is 37.9. The van der Waals surface area contributed by atoms with Gasteiger partial charge in [-0.1, -0.05) is 132 Å². The second-order valence-electron chi connectivity index (χ2n) is 13.8. The molecule has 0 spiro atoms. The van der Waals surface area contributed by atoms with Crippen LogP contribution < -0.4 is 5.73 Å². The van der Waals surface area contributed by atoms with Gasteiger partial charge in [0.2, 0.25) is 0 Å². The molecule has 0 aromatic rings. The molecular weight excluding hydrogens is 721 g/mol. The molecule has 0 saturated heterocycles. The first-order chi connectivity index (χ1) is 26.6. The highest BCUT2D eigenvalue weighted by atomic mass is 31.2. The number of carbonyl (C=O) groups is 3. The molecule has 0 amide bonds. The summed E-state index contributed by atoms with van der Waals surface area (Å²) in [6.07, 6.45) is 42.9. The van der Waals surface area contributed by atoms with Crippen LogP contribution in [0.5, 0.6) is 0 Å². The molecule has 12 heteroatoms. The molecule has 316 valence electrons. The van der Waals surface area contributed by atoms with Gasteiger partial charge in [-0.05, 0) is 77.0 Å². The summed E-state index contributed by atoms with van der Waals surface area (Å²) < 4.78 is 32.6. The van der Waals surface area contributed by atoms with Gasteiger partial charge in [-0.25, -0.2) is 4.57 Å². The van der Waals surface area contributed by atoms with Crippen LogP contribution in [0.1, 0.15) is 162 Å². The lowest BCUT2D eigenvalue weighted by molar-refractivity contribution is -0.161. The fraction of sp³-hybridized carbons (Fsp3) is 0.698. The highest BCUT2D eigenvalue weighted by Crippen LogP contribution is 2.43. The van der Waals surface area contributed by atoms with Crippen molar-refractivity contribution < 1.29 is 47.5 Å². The summed E-state index contributed by atoms with van der Waals surface area (Å²) >= 11 is 0. The first-order valence-electron chi connectivity index (χ1n) is 20.8. The minimum absolute atomic E-state index is 0.0814. The van der Waals surface area contributed by atoms with Gasteiger partial charge >= 0.3 is 25.7 Å². The average Bonchev–Trinajstić information content (AvgIpc) is 3.16. The predicted molar refractivity (Wildman–Crippen MR) is 221 cm³/mol. The monoisotopic (exact) mass is 796 g/mol. The van der Waals surface area contributed by atoms with Crippen molar-refractivity contribution in [1.29, 1.82) is 0 Å². The quantitative estimate of drug-likeness (QED) is 0.0235. The third-order valence-corrected chi connectivity index (χ3v) is 9.44. The molecule has 0 heterocycles. The Hall–Kier alpha value is -2.82. The normalized spacial score (nSPS) is 14.4. The van der Waals surface area contributed by atoms with E-state index in [1.54, 1.807) is 0 Å². The molecular formula is C43H74NO10P. The molecule has 0 aliphatic rings. The van der Waals surface area contributed by atoms with E-state index in [0.29, 0.717) is 19.3 Å². The van der Waals surface area contributed by atoms with Crippen molar-refractivity contribution in [3.63, 3.8) is 0 Å². The van der Waals surface area contributed by atoms with Crippen molar-refractivity contribution in [1.82, 2.24) is 0 Å². The Morgan fingerprint density at radius 2 is 0.982 bits per heavy atom. The van der Waals surface area contributed by atoms with E-state index < -0.39 is 51.1 Å². The predicted octanol–water partition coefficient (Wildman–Crippen LogP) is 10.8. The van der Waals surface area contributed by atoms with E-state index in [-0.39, 0.29) is 19.4 Å². The van der Waals surface area contributed by atoms with Crippen molar-refractivity contribution >= 4 is 25.7 Å². The van der Waals surface area contributed by atoms with E-state index in [1.165, 1.54) is 51.4 Å². The highest BCUT2D eigenvalue weighted by molar-refractivity contribution is 7.47. The number of carbonyl (C=O) groups excluding carboxylic acids is 2. The van der Waals surface area contributed by atoms with E-state index in [2.05, 4.69) is 67.0 Å². The SMILES string of the molecule is CCCCC/C=C/C/C=C/C/C=C/C/C=C/CCCC(=O)O[C@H](COC(=O)CCCCCCC/C=C/CCCCCCC)COP(=O)(O)OC[C@H](N)C(=O)O. The number of allylic oxidation sites excluding steroid dienone is 10. The van der Waals surface area contributed by atoms with Crippen LogP contribution in [0.2, 0.25) is 0 Å². The van der Waals surface area contributed by atoms with Crippen LogP contribution in [0.3, 0.4) is 0 Å². The fourth-order valence-corrected chi connectivity index (χ4v) is 5.95. The summed E-state index contributed by atoms with van der Waals surface area (Å²) in [5, 5.41) is 8.87. The van der Waals surface area contributed by atoms with Crippen molar-refractivity contribution in [2.75, 3.05) is 19.8 Å². The van der Waals surface area contributed by atoms with Crippen LogP contribution in [-0.2, 0) is 37.5 Å². The largest absolute Gasteiger partial charge is 0.480 e. The van der Waals surface area contributed by atoms with Crippen molar-refractivity contribution in [2.45, 2.75) is 174 Å². The van der Waals surface area contributed by atoms with Crippen LogP contribution in [-0.4, -0.2) is 59.9 Å². The Morgan fingerprint density at radius 3 is 1.55 bits per heavy atom. The lowest BCUT2D eigenvalue weighted by atomic mass is 10.1. The number of nitrogens with two attached hydrogens (primary N) is 1. The molecule has 0 aromatic carbocycles. The lowest BCUT2D eigenvalue weighted by Gasteiger charge is -2.20. The summed E-state index contributed by atoms with van der Waals surface area (Å²) in [6, 6.07) is -1.53. The second kappa shape index (κ2) is 38.1. The number of carboxylic acids is 1. The molecule has 0 aliphatic carbocycles. The molecule has 0 aromatic heterocycles. The number of unbranched alkanes of at least 4 members (excludes halogenated alkanes) is 14. The van der Waals surface area contributed by atoms with E-state index in [0.717, 1.165) is 64.2 Å². The molecule has 11 nitrogen and oxygen atoms in total. The standard InChI is InChI=1S/C43H74NO10P/c1-3-5-7-9-11-13-15-17-19-20-21-23-25-27-29-31-33-35-42(46)54-39(37-52-55(49,50)53-38-40(44)43(47)48)36-51-41(45)34-32-30-28-26-24-22-18-16-14-12-10-8-6-4-2/h11,13,16-19,21,23,27,29,39-40H,3-10,12,14-15,20,22,24-26,28,30-38,44H2,1-2H3,(H,47,48)(H,49,50)/b13-11+,18-16+,19-17+,23-21+,29-27+/t39-,40+/m1/s1. The zero-order valence-electron chi connectivity index (χ0n) is 34.0. The number of hydrogen-bond acceptors (Lipinski definition) is 9. The molecule has 4 N–H and O–H groups in total. The lowest BCUT2D eigenvalue weighted by Crippen LogP contribution is -2.34. The summed E-state index contributed by atoms with van der Waals surface area (Å²) in [7, 11) is -4.73. The maximum atomic E-state index is 12.6. The Balaban J connectivity index is 4.52. The van der Waals surface area contributed by atoms with Crippen molar-refractivity contribution in [3.8, 4) is 0 Å². The van der Waals surface area contributed by atoms with E-state index in [1.807, 2.05) is 12.2 Å². The third-order valence-electron chi connectivity index (χ3n) is 8.49. The van der Waals surface area contributed by atoms with Gasteiger partial charge < -0.3 is 25.2 Å². The summed E-state index contributed by atoms with van der Waals surface area (Å²) in [5.41, 5.74) is 5.32. The molecule has 1 unspecified atom stereocenters. The fourth-order valence-electron chi connectivity index (χ4n) is 5.17. The zero-order valence-corrected chi connectivity index (χ0v) is 34.9. The first kappa shape index (κ1) is 52.2. The van der Waals surface area contributed by atoms with Gasteiger partial charge in [0.1, 0.15) is 12.6 Å². The average molecular weight is 796 g/mol. The minimum Gasteiger partial charge on any atom is -0.480 e. The van der Waals surface area contributed by atoms with Crippen LogP contribution in [0, 0.1) is 0 Å². The summed E-state index contributed by atoms with van der Waals surface area (Å²) in [5.74, 6) is -2.47. The number of rotatable bonds is 38. The summed E-state index contributed by atoms with van der Waals surface area (Å²) in [6.45, 7) is 2.68. The zero-order chi connectivity index (χ0) is 40.7. The Morgan fingerprint density at radius 1 is 0.564 bits per heavy atom. The van der Waals surface area contributed by atoms with Crippen LogP contribution in [0.4, 0.5) is 0 Å². The Bertz CT molecular complexity index is 1170. The van der Waals surface area contributed by atoms with Crippen LogP contribution >= 0.6 is 7.82 Å². The van der Waals surface area contributed by atoms with Crippen molar-refractivity contribution in [3.05, 3.63) is 60.8 Å². The van der Waals surface area contributed by atoms with E-state index in [4.69, 9.17) is 24.8 Å². The number of ether oxygens (including phenoxy) is 2. The maximum Gasteiger partial charge on any atom is 0.472 e. The molecule has 0 aliphatic heterocycles. The van der Waals surface area contributed by atoms with E-state index >= 15 is 0 Å². The van der Waals surface area contributed by atoms with Crippen molar-refractivity contribution in [2.24, 2.45) is 5.73 Å². The van der Waals surface area contributed by atoms with Gasteiger partial charge in [0.25, 0.3) is 0 Å². The molecule has 0 fully saturated rings. The van der Waals surface area contributed by atoms with Gasteiger partial charge in [0.15, 0.2) is 6.10 Å². The Kier molecular flexibility index (Phi) is 36.1. The molecule has 3 atom stereocenters. The molecule has 55 heavy (non-hydrogen) atoms. The molecule has 0 radical (unpaired) electrons. The van der Waals surface area contributed by atoms with Gasteiger partial charge in [-0.3, -0.25) is 23.4 Å². The number of phosphoric ester groups is 1. The molecule has 0 rings (SSSR count). The van der Waals surface area contributed by atoms with Gasteiger partial charge in [-0.15, -0.1) is 0 Å². The first-order valence-corrected chi connectivity index (χ1v) is 22.3. The van der Waals surface area contributed by atoms with Crippen LogP contribution in [0.15, 0.2) is 60.8 Å². The number of carboxylic acid groups (broad SMARTS) is 1. The van der Waals surface area contributed by atoms with E-state index in [9.17, 15) is 23.8 Å². The molecule has 0 saturated carbocycles.